The predicted octanol–water partition coefficient (Wildman–Crippen LogP) is 1.86. The molecule has 1 aromatic carbocycles. The first-order valence-electron chi connectivity index (χ1n) is 7.95. The number of hydrogen-bond donors (Lipinski definition) is 0. The zero-order chi connectivity index (χ0) is 19.1. The van der Waals surface area contributed by atoms with Crippen LogP contribution in [0, 0.1) is 6.92 Å². The highest BCUT2D eigenvalue weighted by Crippen LogP contribution is 2.33. The van der Waals surface area contributed by atoms with Crippen molar-refractivity contribution in [1.29, 1.82) is 0 Å². The molecule has 0 saturated heterocycles. The van der Waals surface area contributed by atoms with Crippen LogP contribution in [0.1, 0.15) is 19.4 Å². The summed E-state index contributed by atoms with van der Waals surface area (Å²) in [5.74, 6) is -0.841. The van der Waals surface area contributed by atoms with Gasteiger partial charge in [-0.25, -0.2) is 14.4 Å². The first kappa shape index (κ1) is 19.3. The largest absolute Gasteiger partial charge is 0.478 e. The number of fused-ring (bicyclic) bond motifs is 1. The maximum Gasteiger partial charge on any atom is 0.344 e. The number of carbonyl (C=O) groups excluding carboxylic acids is 2. The van der Waals surface area contributed by atoms with Gasteiger partial charge in [-0.15, -0.1) is 0 Å². The lowest BCUT2D eigenvalue weighted by atomic mass is 10.1. The van der Waals surface area contributed by atoms with E-state index in [2.05, 4.69) is 6.92 Å². The highest BCUT2D eigenvalue weighted by atomic mass is 16.6. The number of rotatable bonds is 8. The number of ether oxygens (including phenoxy) is 4. The van der Waals surface area contributed by atoms with E-state index in [1.807, 2.05) is 0 Å². The van der Waals surface area contributed by atoms with Gasteiger partial charge in [0, 0.05) is 17.5 Å². The Morgan fingerprint density at radius 2 is 1.50 bits per heavy atom. The summed E-state index contributed by atoms with van der Waals surface area (Å²) in [6.45, 7) is 6.85. The SMILES string of the molecule is [CH2]c1cc(=O)oc2cc(OCC(=O)OCC)c(OCC(=O)OCC)cc12. The number of esters is 2. The Hall–Kier alpha value is -3.03. The van der Waals surface area contributed by atoms with Crippen molar-refractivity contribution in [2.75, 3.05) is 26.4 Å². The Bertz CT molecular complexity index is 852. The molecule has 1 aromatic heterocycles. The molecule has 0 aliphatic carbocycles. The molecular formula is C18H19O8. The molecule has 0 amide bonds. The summed E-state index contributed by atoms with van der Waals surface area (Å²) >= 11 is 0. The van der Waals surface area contributed by atoms with Crippen molar-refractivity contribution in [2.24, 2.45) is 0 Å². The van der Waals surface area contributed by atoms with Crippen LogP contribution in [0.15, 0.2) is 27.4 Å². The maximum atomic E-state index is 11.5. The van der Waals surface area contributed by atoms with Crippen LogP contribution in [-0.4, -0.2) is 38.4 Å². The van der Waals surface area contributed by atoms with Crippen LogP contribution in [0.25, 0.3) is 11.0 Å². The van der Waals surface area contributed by atoms with Gasteiger partial charge in [0.05, 0.1) is 13.2 Å². The minimum absolute atomic E-state index is 0.114. The summed E-state index contributed by atoms with van der Waals surface area (Å²) in [4.78, 5) is 34.5. The summed E-state index contributed by atoms with van der Waals surface area (Å²) in [6.07, 6.45) is 0. The van der Waals surface area contributed by atoms with Crippen LogP contribution < -0.4 is 15.1 Å². The van der Waals surface area contributed by atoms with Crippen LogP contribution >= 0.6 is 0 Å². The third-order valence-corrected chi connectivity index (χ3v) is 3.20. The fraction of sp³-hybridized carbons (Fsp3) is 0.333. The molecule has 0 unspecified atom stereocenters. The van der Waals surface area contributed by atoms with E-state index in [0.717, 1.165) is 0 Å². The minimum atomic E-state index is -0.573. The maximum absolute atomic E-state index is 11.5. The molecule has 1 radical (unpaired) electrons. The molecule has 8 nitrogen and oxygen atoms in total. The first-order valence-corrected chi connectivity index (χ1v) is 7.95. The summed E-state index contributed by atoms with van der Waals surface area (Å²) in [5.41, 5.74) is 0.0676. The average Bonchev–Trinajstić information content (AvgIpc) is 2.58. The molecule has 0 aliphatic rings. The van der Waals surface area contributed by atoms with Crippen molar-refractivity contribution in [1.82, 2.24) is 0 Å². The van der Waals surface area contributed by atoms with E-state index in [0.29, 0.717) is 10.9 Å². The third kappa shape index (κ3) is 4.98. The number of hydrogen-bond acceptors (Lipinski definition) is 8. The van der Waals surface area contributed by atoms with Gasteiger partial charge in [-0.3, -0.25) is 0 Å². The van der Waals surface area contributed by atoms with Gasteiger partial charge in [0.1, 0.15) is 5.58 Å². The quantitative estimate of drug-likeness (QED) is 0.517. The zero-order valence-corrected chi connectivity index (χ0v) is 14.5. The molecule has 1 heterocycles. The van der Waals surface area contributed by atoms with E-state index < -0.39 is 17.6 Å². The molecule has 8 heteroatoms. The van der Waals surface area contributed by atoms with E-state index in [-0.39, 0.29) is 43.5 Å². The van der Waals surface area contributed by atoms with Crippen LogP contribution in [0.4, 0.5) is 0 Å². The van der Waals surface area contributed by atoms with Crippen molar-refractivity contribution in [3.05, 3.63) is 41.1 Å². The van der Waals surface area contributed by atoms with Crippen LogP contribution in [0.2, 0.25) is 0 Å². The van der Waals surface area contributed by atoms with E-state index >= 15 is 0 Å². The summed E-state index contributed by atoms with van der Waals surface area (Å²) < 4.78 is 25.6. The Morgan fingerprint density at radius 3 is 2.04 bits per heavy atom. The van der Waals surface area contributed by atoms with Gasteiger partial charge in [-0.2, -0.15) is 0 Å². The standard InChI is InChI=1S/C18H19O8/c1-4-22-17(20)9-24-14-7-12-11(3)6-16(19)26-13(12)8-15(14)25-10-18(21)23-5-2/h6-8H,3-5,9-10H2,1-2H3. The van der Waals surface area contributed by atoms with Crippen LogP contribution in [0.5, 0.6) is 11.5 Å². The number of benzene rings is 1. The summed E-state index contributed by atoms with van der Waals surface area (Å²) in [7, 11) is 0. The fourth-order valence-electron chi connectivity index (χ4n) is 2.14. The predicted molar refractivity (Wildman–Crippen MR) is 91.2 cm³/mol. The fourth-order valence-corrected chi connectivity index (χ4v) is 2.14. The molecule has 139 valence electrons. The molecular weight excluding hydrogens is 344 g/mol. The Morgan fingerprint density at radius 1 is 0.962 bits per heavy atom. The first-order chi connectivity index (χ1) is 12.4. The van der Waals surface area contributed by atoms with Crippen molar-refractivity contribution < 1.29 is 33.0 Å². The Labute approximate surface area is 149 Å². The molecule has 0 bridgehead atoms. The van der Waals surface area contributed by atoms with Crippen molar-refractivity contribution in [3.63, 3.8) is 0 Å². The van der Waals surface area contributed by atoms with Crippen LogP contribution in [-0.2, 0) is 19.1 Å². The number of carbonyl (C=O) groups is 2. The summed E-state index contributed by atoms with van der Waals surface area (Å²) in [5, 5.41) is 0.506. The van der Waals surface area contributed by atoms with Gasteiger partial charge < -0.3 is 23.4 Å². The van der Waals surface area contributed by atoms with Gasteiger partial charge in [-0.05, 0) is 32.4 Å². The zero-order valence-electron chi connectivity index (χ0n) is 14.5. The van der Waals surface area contributed by atoms with E-state index in [1.165, 1.54) is 18.2 Å². The van der Waals surface area contributed by atoms with Gasteiger partial charge in [0.15, 0.2) is 24.7 Å². The van der Waals surface area contributed by atoms with Crippen LogP contribution in [0.3, 0.4) is 0 Å². The second-order valence-electron chi connectivity index (χ2n) is 5.07. The lowest BCUT2D eigenvalue weighted by Gasteiger charge is -2.13. The molecule has 0 atom stereocenters. The van der Waals surface area contributed by atoms with Crippen molar-refractivity contribution in [3.8, 4) is 11.5 Å². The molecule has 0 saturated carbocycles. The third-order valence-electron chi connectivity index (χ3n) is 3.20. The van der Waals surface area contributed by atoms with Gasteiger partial charge in [0.2, 0.25) is 0 Å². The smallest absolute Gasteiger partial charge is 0.344 e. The average molecular weight is 363 g/mol. The highest BCUT2D eigenvalue weighted by Gasteiger charge is 2.15. The van der Waals surface area contributed by atoms with Crippen molar-refractivity contribution >= 4 is 22.9 Å². The van der Waals surface area contributed by atoms with Gasteiger partial charge in [-0.1, -0.05) is 0 Å². The molecule has 2 aromatic rings. The Kier molecular flexibility index (Phi) is 6.60. The molecule has 0 aliphatic heterocycles. The lowest BCUT2D eigenvalue weighted by Crippen LogP contribution is -2.17. The van der Waals surface area contributed by atoms with Gasteiger partial charge >= 0.3 is 17.6 Å². The van der Waals surface area contributed by atoms with Crippen molar-refractivity contribution in [2.45, 2.75) is 13.8 Å². The lowest BCUT2D eigenvalue weighted by molar-refractivity contribution is -0.146. The highest BCUT2D eigenvalue weighted by molar-refractivity contribution is 5.85. The normalized spacial score (nSPS) is 10.4. The second-order valence-corrected chi connectivity index (χ2v) is 5.07. The van der Waals surface area contributed by atoms with E-state index in [9.17, 15) is 14.4 Å². The molecule has 26 heavy (non-hydrogen) atoms. The molecule has 0 fully saturated rings. The molecule has 0 N–H and O–H groups in total. The summed E-state index contributed by atoms with van der Waals surface area (Å²) in [6, 6.07) is 4.14. The van der Waals surface area contributed by atoms with Gasteiger partial charge in [0.25, 0.3) is 0 Å². The van der Waals surface area contributed by atoms with E-state index in [1.54, 1.807) is 13.8 Å². The molecule has 2 rings (SSSR count). The second kappa shape index (κ2) is 8.89. The minimum Gasteiger partial charge on any atom is -0.478 e. The topological polar surface area (TPSA) is 101 Å². The van der Waals surface area contributed by atoms with E-state index in [4.69, 9.17) is 23.4 Å². The monoisotopic (exact) mass is 363 g/mol. The Balaban J connectivity index is 2.34. The molecule has 0 spiro atoms.